The Bertz CT molecular complexity index is 1180. The number of morpholine rings is 1. The second-order valence-corrected chi connectivity index (χ2v) is 10.0. The third kappa shape index (κ3) is 4.28. The van der Waals surface area contributed by atoms with Crippen molar-refractivity contribution in [3.63, 3.8) is 0 Å². The van der Waals surface area contributed by atoms with Crippen LogP contribution in [-0.4, -0.2) is 60.2 Å². The summed E-state index contributed by atoms with van der Waals surface area (Å²) in [6, 6.07) is 7.74. The van der Waals surface area contributed by atoms with Gasteiger partial charge in [-0.15, -0.1) is 0 Å². The molecule has 2 aliphatic heterocycles. The van der Waals surface area contributed by atoms with Crippen LogP contribution < -0.4 is 15.0 Å². The van der Waals surface area contributed by atoms with Gasteiger partial charge in [0.1, 0.15) is 23.3 Å². The quantitative estimate of drug-likeness (QED) is 0.732. The number of nitrogens with zero attached hydrogens (tertiary/aromatic N) is 3. The van der Waals surface area contributed by atoms with Crippen LogP contribution in [-0.2, 0) is 16.1 Å². The van der Waals surface area contributed by atoms with E-state index in [1.807, 2.05) is 28.8 Å². The number of nitrogens with one attached hydrogen (secondary N) is 1. The number of rotatable bonds is 5. The highest BCUT2D eigenvalue weighted by Gasteiger charge is 2.43. The molecule has 1 aromatic heterocycles. The summed E-state index contributed by atoms with van der Waals surface area (Å²) < 4.78 is 18.9. The van der Waals surface area contributed by atoms with E-state index < -0.39 is 0 Å². The summed E-state index contributed by atoms with van der Waals surface area (Å²) in [7, 11) is 1.63. The Kier molecular flexibility index (Phi) is 6.04. The standard InChI is InChI=1S/C26H32N4O4/c1-26(2)14-19(31)22-20(15-26)34-25-23(21(22)17-4-6-18(32-3)7-5-17)24(27)30(16-28-25)9-8-29-10-12-33-13-11-29/h4-7,16,21,27H,8-15H2,1-3H3. The summed E-state index contributed by atoms with van der Waals surface area (Å²) in [5.74, 6) is 1.56. The van der Waals surface area contributed by atoms with Crippen molar-refractivity contribution < 1.29 is 19.0 Å². The van der Waals surface area contributed by atoms with Gasteiger partial charge in [-0.05, 0) is 23.1 Å². The molecule has 0 saturated carbocycles. The van der Waals surface area contributed by atoms with Gasteiger partial charge in [0.25, 0.3) is 0 Å². The first-order valence-corrected chi connectivity index (χ1v) is 11.9. The maximum atomic E-state index is 13.4. The zero-order valence-electron chi connectivity index (χ0n) is 20.1. The Morgan fingerprint density at radius 1 is 1.15 bits per heavy atom. The molecule has 1 fully saturated rings. The molecule has 1 unspecified atom stereocenters. The number of Topliss-reactive ketones (excluding diaryl/α,β-unsaturated/α-hetero) is 1. The third-order valence-electron chi connectivity index (χ3n) is 6.97. The topological polar surface area (TPSA) is 89.7 Å². The smallest absolute Gasteiger partial charge is 0.228 e. The van der Waals surface area contributed by atoms with Crippen molar-refractivity contribution in [2.24, 2.45) is 5.41 Å². The number of fused-ring (bicyclic) bond motifs is 1. The zero-order chi connectivity index (χ0) is 23.9. The largest absolute Gasteiger partial charge is 0.497 e. The molecule has 0 amide bonds. The highest BCUT2D eigenvalue weighted by Crippen LogP contribution is 2.48. The number of allylic oxidation sites excluding steroid dienone is 2. The van der Waals surface area contributed by atoms with E-state index in [1.165, 1.54) is 0 Å². The Hall–Kier alpha value is -2.97. The average Bonchev–Trinajstić information content (AvgIpc) is 2.82. The molecule has 1 saturated heterocycles. The SMILES string of the molecule is COc1ccc(C2C3=C(CC(C)(C)CC3=O)Oc3ncn(CCN4CCOCC4)c(=N)c32)cc1. The van der Waals surface area contributed by atoms with Gasteiger partial charge in [0.15, 0.2) is 5.78 Å². The second-order valence-electron chi connectivity index (χ2n) is 10.0. The molecule has 1 aliphatic carbocycles. The molecular weight excluding hydrogens is 432 g/mol. The molecule has 0 radical (unpaired) electrons. The lowest BCUT2D eigenvalue weighted by Crippen LogP contribution is -2.41. The molecule has 180 valence electrons. The monoisotopic (exact) mass is 464 g/mol. The normalized spacial score (nSPS) is 22.1. The first kappa shape index (κ1) is 22.8. The minimum Gasteiger partial charge on any atom is -0.497 e. The van der Waals surface area contributed by atoms with E-state index in [-0.39, 0.29) is 17.1 Å². The molecule has 8 nitrogen and oxygen atoms in total. The lowest BCUT2D eigenvalue weighted by Gasteiger charge is -2.38. The molecule has 2 aromatic rings. The molecule has 0 bridgehead atoms. The van der Waals surface area contributed by atoms with Gasteiger partial charge in [0.05, 0.1) is 25.9 Å². The summed E-state index contributed by atoms with van der Waals surface area (Å²) in [5.41, 5.74) is 2.42. The van der Waals surface area contributed by atoms with Crippen molar-refractivity contribution in [1.29, 1.82) is 5.41 Å². The number of hydrogen-bond acceptors (Lipinski definition) is 7. The number of carbonyl (C=O) groups is 1. The highest BCUT2D eigenvalue weighted by atomic mass is 16.5. The van der Waals surface area contributed by atoms with Crippen LogP contribution in [0.5, 0.6) is 11.6 Å². The van der Waals surface area contributed by atoms with Crippen LogP contribution in [0.25, 0.3) is 0 Å². The Morgan fingerprint density at radius 3 is 2.59 bits per heavy atom. The summed E-state index contributed by atoms with van der Waals surface area (Å²) in [6.07, 6.45) is 2.82. The third-order valence-corrected chi connectivity index (χ3v) is 6.97. The maximum Gasteiger partial charge on any atom is 0.228 e. The van der Waals surface area contributed by atoms with E-state index in [0.29, 0.717) is 47.6 Å². The number of aromatic nitrogens is 2. The van der Waals surface area contributed by atoms with Crippen LogP contribution >= 0.6 is 0 Å². The average molecular weight is 465 g/mol. The summed E-state index contributed by atoms with van der Waals surface area (Å²) in [6.45, 7) is 8.90. The zero-order valence-corrected chi connectivity index (χ0v) is 20.1. The van der Waals surface area contributed by atoms with E-state index in [0.717, 1.165) is 44.2 Å². The molecule has 8 heteroatoms. The first-order chi connectivity index (χ1) is 16.4. The number of methoxy groups -OCH3 is 1. The molecule has 1 N–H and O–H groups in total. The number of hydrogen-bond donors (Lipinski definition) is 1. The van der Waals surface area contributed by atoms with Crippen molar-refractivity contribution in [1.82, 2.24) is 14.5 Å². The van der Waals surface area contributed by atoms with Gasteiger partial charge in [0, 0.05) is 50.5 Å². The van der Waals surface area contributed by atoms with Crippen LogP contribution in [0.15, 0.2) is 41.9 Å². The first-order valence-electron chi connectivity index (χ1n) is 11.9. The fourth-order valence-corrected chi connectivity index (χ4v) is 5.17. The van der Waals surface area contributed by atoms with E-state index in [1.54, 1.807) is 13.4 Å². The molecule has 3 heterocycles. The lowest BCUT2D eigenvalue weighted by atomic mass is 9.70. The molecule has 5 rings (SSSR count). The van der Waals surface area contributed by atoms with Gasteiger partial charge < -0.3 is 18.8 Å². The van der Waals surface area contributed by atoms with Crippen molar-refractivity contribution in [2.45, 2.75) is 39.2 Å². The maximum absolute atomic E-state index is 13.4. The van der Waals surface area contributed by atoms with Gasteiger partial charge in [-0.3, -0.25) is 15.1 Å². The van der Waals surface area contributed by atoms with E-state index >= 15 is 0 Å². The Balaban J connectivity index is 1.57. The predicted octanol–water partition coefficient (Wildman–Crippen LogP) is 2.87. The molecule has 1 aromatic carbocycles. The van der Waals surface area contributed by atoms with E-state index in [9.17, 15) is 4.79 Å². The van der Waals surface area contributed by atoms with Crippen molar-refractivity contribution in [3.8, 4) is 11.6 Å². The number of ether oxygens (including phenoxy) is 3. The molecular formula is C26H32N4O4. The van der Waals surface area contributed by atoms with E-state index in [2.05, 4.69) is 23.7 Å². The van der Waals surface area contributed by atoms with E-state index in [4.69, 9.17) is 19.6 Å². The molecule has 34 heavy (non-hydrogen) atoms. The van der Waals surface area contributed by atoms with Crippen LogP contribution in [0.4, 0.5) is 0 Å². The van der Waals surface area contributed by atoms with Gasteiger partial charge in [-0.2, -0.15) is 0 Å². The van der Waals surface area contributed by atoms with Crippen molar-refractivity contribution in [2.75, 3.05) is 40.0 Å². The fourth-order valence-electron chi connectivity index (χ4n) is 5.17. The predicted molar refractivity (Wildman–Crippen MR) is 126 cm³/mol. The van der Waals surface area contributed by atoms with Gasteiger partial charge in [0.2, 0.25) is 5.88 Å². The van der Waals surface area contributed by atoms with Crippen LogP contribution in [0.1, 0.15) is 43.7 Å². The Morgan fingerprint density at radius 2 is 1.88 bits per heavy atom. The van der Waals surface area contributed by atoms with Crippen LogP contribution in [0, 0.1) is 10.8 Å². The molecule has 0 spiro atoms. The van der Waals surface area contributed by atoms with Crippen LogP contribution in [0.3, 0.4) is 0 Å². The summed E-state index contributed by atoms with van der Waals surface area (Å²) in [4.78, 5) is 20.4. The fraction of sp³-hybridized carbons (Fsp3) is 0.500. The highest BCUT2D eigenvalue weighted by molar-refractivity contribution is 6.00. The van der Waals surface area contributed by atoms with Gasteiger partial charge >= 0.3 is 0 Å². The minimum atomic E-state index is -0.385. The van der Waals surface area contributed by atoms with Gasteiger partial charge in [-0.25, -0.2) is 4.98 Å². The molecule has 1 atom stereocenters. The summed E-state index contributed by atoms with van der Waals surface area (Å²) >= 11 is 0. The Labute approximate surface area is 199 Å². The van der Waals surface area contributed by atoms with Crippen molar-refractivity contribution in [3.05, 3.63) is 58.5 Å². The van der Waals surface area contributed by atoms with Crippen LogP contribution in [0.2, 0.25) is 0 Å². The van der Waals surface area contributed by atoms with Gasteiger partial charge in [-0.1, -0.05) is 26.0 Å². The van der Waals surface area contributed by atoms with Crippen molar-refractivity contribution >= 4 is 5.78 Å². The summed E-state index contributed by atoms with van der Waals surface area (Å²) in [5, 5.41) is 9.09. The number of carbonyl (C=O) groups excluding carboxylic acids is 1. The lowest BCUT2D eigenvalue weighted by molar-refractivity contribution is -0.118. The minimum absolute atomic E-state index is 0.0841. The second kappa shape index (κ2) is 9.00. The molecule has 3 aliphatic rings. The number of ketones is 1. The number of benzene rings is 1.